The largest absolute Gasteiger partial charge is 0.494 e. The second kappa shape index (κ2) is 5.30. The Morgan fingerprint density at radius 3 is 3.10 bits per heavy atom. The van der Waals surface area contributed by atoms with Crippen LogP contribution < -0.4 is 4.74 Å². The number of nitrogens with zero attached hydrogens (tertiary/aromatic N) is 3. The predicted octanol–water partition coefficient (Wildman–Crippen LogP) is 2.21. The van der Waals surface area contributed by atoms with Gasteiger partial charge in [0.05, 0.1) is 24.5 Å². The van der Waals surface area contributed by atoms with Gasteiger partial charge in [0.1, 0.15) is 11.9 Å². The molecule has 20 heavy (non-hydrogen) atoms. The Bertz CT molecular complexity index is 724. The Morgan fingerprint density at radius 1 is 1.35 bits per heavy atom. The molecule has 1 unspecified atom stereocenters. The van der Waals surface area contributed by atoms with Gasteiger partial charge in [-0.25, -0.2) is 4.52 Å². The fraction of sp³-hybridized carbons (Fsp3) is 0.200. The average molecular weight is 269 g/mol. The summed E-state index contributed by atoms with van der Waals surface area (Å²) in [5.41, 5.74) is 2.29. The van der Waals surface area contributed by atoms with E-state index >= 15 is 0 Å². The number of rotatable bonds is 4. The number of aliphatic hydroxyl groups is 1. The van der Waals surface area contributed by atoms with Crippen molar-refractivity contribution in [2.75, 3.05) is 6.61 Å². The van der Waals surface area contributed by atoms with Gasteiger partial charge < -0.3 is 9.84 Å². The molecule has 0 aliphatic rings. The van der Waals surface area contributed by atoms with Gasteiger partial charge in [-0.05, 0) is 24.6 Å². The van der Waals surface area contributed by atoms with E-state index in [1.165, 1.54) is 0 Å². The lowest BCUT2D eigenvalue weighted by Crippen LogP contribution is -2.00. The summed E-state index contributed by atoms with van der Waals surface area (Å²) in [6, 6.07) is 7.45. The minimum Gasteiger partial charge on any atom is -0.494 e. The molecule has 0 saturated carbocycles. The monoisotopic (exact) mass is 269 g/mol. The quantitative estimate of drug-likeness (QED) is 0.789. The molecule has 1 N–H and O–H groups in total. The van der Waals surface area contributed by atoms with E-state index in [0.29, 0.717) is 6.61 Å². The van der Waals surface area contributed by atoms with E-state index < -0.39 is 6.10 Å². The van der Waals surface area contributed by atoms with E-state index in [0.717, 1.165) is 22.4 Å². The van der Waals surface area contributed by atoms with Gasteiger partial charge >= 0.3 is 0 Å². The highest BCUT2D eigenvalue weighted by molar-refractivity contribution is 5.55. The maximum Gasteiger partial charge on any atom is 0.119 e. The molecule has 0 fully saturated rings. The van der Waals surface area contributed by atoms with Gasteiger partial charge in [0, 0.05) is 18.0 Å². The number of benzene rings is 1. The minimum atomic E-state index is -0.753. The zero-order chi connectivity index (χ0) is 13.9. The SMILES string of the molecule is CCOc1cccc(C(O)c2cnn3ccncc23)c1. The molecule has 1 atom stereocenters. The molecule has 0 bridgehead atoms. The number of aromatic nitrogens is 3. The van der Waals surface area contributed by atoms with Crippen molar-refractivity contribution in [3.63, 3.8) is 0 Å². The molecule has 0 aliphatic heterocycles. The first-order valence-electron chi connectivity index (χ1n) is 6.47. The van der Waals surface area contributed by atoms with Crippen molar-refractivity contribution >= 4 is 5.52 Å². The first kappa shape index (κ1) is 12.6. The molecule has 102 valence electrons. The second-order valence-electron chi connectivity index (χ2n) is 4.41. The number of hydrogen-bond acceptors (Lipinski definition) is 4. The normalized spacial score (nSPS) is 12.5. The number of fused-ring (bicyclic) bond motifs is 1. The predicted molar refractivity (Wildman–Crippen MR) is 74.7 cm³/mol. The van der Waals surface area contributed by atoms with Gasteiger partial charge in [0.15, 0.2) is 0 Å². The second-order valence-corrected chi connectivity index (χ2v) is 4.41. The molecule has 0 amide bonds. The number of ether oxygens (including phenoxy) is 1. The number of hydrogen-bond donors (Lipinski definition) is 1. The smallest absolute Gasteiger partial charge is 0.119 e. The lowest BCUT2D eigenvalue weighted by atomic mass is 10.0. The van der Waals surface area contributed by atoms with Crippen LogP contribution in [0.4, 0.5) is 0 Å². The van der Waals surface area contributed by atoms with Crippen molar-refractivity contribution in [3.8, 4) is 5.75 Å². The summed E-state index contributed by atoms with van der Waals surface area (Å²) >= 11 is 0. The fourth-order valence-corrected chi connectivity index (χ4v) is 2.18. The van der Waals surface area contributed by atoms with Gasteiger partial charge in [0.2, 0.25) is 0 Å². The summed E-state index contributed by atoms with van der Waals surface area (Å²) in [4.78, 5) is 4.07. The Hall–Kier alpha value is -2.40. The maximum absolute atomic E-state index is 10.5. The van der Waals surface area contributed by atoms with Crippen LogP contribution in [0, 0.1) is 0 Å². The molecule has 3 aromatic rings. The van der Waals surface area contributed by atoms with Crippen LogP contribution in [0.2, 0.25) is 0 Å². The van der Waals surface area contributed by atoms with Gasteiger partial charge in [-0.2, -0.15) is 5.10 Å². The van der Waals surface area contributed by atoms with Crippen LogP contribution in [0.1, 0.15) is 24.2 Å². The van der Waals surface area contributed by atoms with E-state index in [1.54, 1.807) is 29.3 Å². The molecule has 5 nitrogen and oxygen atoms in total. The third kappa shape index (κ3) is 2.23. The molecule has 0 aliphatic carbocycles. The molecule has 3 rings (SSSR count). The van der Waals surface area contributed by atoms with Crippen molar-refractivity contribution in [3.05, 3.63) is 60.2 Å². The standard InChI is InChI=1S/C15H15N3O2/c1-2-20-12-5-3-4-11(8-12)15(19)13-9-17-18-7-6-16-10-14(13)18/h3-10,15,19H,2H2,1H3. The minimum absolute atomic E-state index is 0.597. The van der Waals surface area contributed by atoms with Crippen LogP contribution in [-0.2, 0) is 0 Å². The van der Waals surface area contributed by atoms with Crippen LogP contribution in [-0.4, -0.2) is 26.3 Å². The van der Waals surface area contributed by atoms with E-state index in [4.69, 9.17) is 4.74 Å². The van der Waals surface area contributed by atoms with Gasteiger partial charge in [-0.1, -0.05) is 12.1 Å². The highest BCUT2D eigenvalue weighted by atomic mass is 16.5. The van der Waals surface area contributed by atoms with E-state index in [2.05, 4.69) is 10.1 Å². The summed E-state index contributed by atoms with van der Waals surface area (Å²) in [5, 5.41) is 14.7. The first-order chi connectivity index (χ1) is 9.79. The van der Waals surface area contributed by atoms with E-state index in [1.807, 2.05) is 31.2 Å². The highest BCUT2D eigenvalue weighted by Crippen LogP contribution is 2.27. The Kier molecular flexibility index (Phi) is 3.35. The summed E-state index contributed by atoms with van der Waals surface area (Å²) < 4.78 is 7.15. The third-order valence-corrected chi connectivity index (χ3v) is 3.13. The van der Waals surface area contributed by atoms with Crippen molar-refractivity contribution in [2.45, 2.75) is 13.0 Å². The molecule has 2 heterocycles. The zero-order valence-electron chi connectivity index (χ0n) is 11.1. The van der Waals surface area contributed by atoms with Gasteiger partial charge in [0.25, 0.3) is 0 Å². The highest BCUT2D eigenvalue weighted by Gasteiger charge is 2.16. The Morgan fingerprint density at radius 2 is 2.25 bits per heavy atom. The van der Waals surface area contributed by atoms with Crippen molar-refractivity contribution in [1.82, 2.24) is 14.6 Å². The number of aliphatic hydroxyl groups excluding tert-OH is 1. The molecule has 0 spiro atoms. The summed E-state index contributed by atoms with van der Waals surface area (Å²) in [6.07, 6.45) is 6.01. The zero-order valence-corrected chi connectivity index (χ0v) is 11.1. The average Bonchev–Trinajstić information content (AvgIpc) is 2.91. The molecule has 0 radical (unpaired) electrons. The fourth-order valence-electron chi connectivity index (χ4n) is 2.18. The third-order valence-electron chi connectivity index (χ3n) is 3.13. The molecule has 2 aromatic heterocycles. The topological polar surface area (TPSA) is 59.7 Å². The van der Waals surface area contributed by atoms with Gasteiger partial charge in [-0.15, -0.1) is 0 Å². The Labute approximate surface area is 116 Å². The van der Waals surface area contributed by atoms with Crippen molar-refractivity contribution in [1.29, 1.82) is 0 Å². The molecule has 1 aromatic carbocycles. The lowest BCUT2D eigenvalue weighted by molar-refractivity contribution is 0.221. The molecule has 5 heteroatoms. The summed E-state index contributed by atoms with van der Waals surface area (Å²) in [7, 11) is 0. The van der Waals surface area contributed by atoms with E-state index in [-0.39, 0.29) is 0 Å². The van der Waals surface area contributed by atoms with E-state index in [9.17, 15) is 5.11 Å². The van der Waals surface area contributed by atoms with Crippen LogP contribution >= 0.6 is 0 Å². The van der Waals surface area contributed by atoms with Crippen LogP contribution in [0.15, 0.2) is 49.1 Å². The van der Waals surface area contributed by atoms with Crippen molar-refractivity contribution in [2.24, 2.45) is 0 Å². The molecular weight excluding hydrogens is 254 g/mol. The molecular formula is C15H15N3O2. The summed E-state index contributed by atoms with van der Waals surface area (Å²) in [6.45, 7) is 2.53. The van der Waals surface area contributed by atoms with Crippen LogP contribution in [0.3, 0.4) is 0 Å². The lowest BCUT2D eigenvalue weighted by Gasteiger charge is -2.11. The van der Waals surface area contributed by atoms with Crippen molar-refractivity contribution < 1.29 is 9.84 Å². The van der Waals surface area contributed by atoms with Gasteiger partial charge in [-0.3, -0.25) is 4.98 Å². The van der Waals surface area contributed by atoms with Crippen LogP contribution in [0.25, 0.3) is 5.52 Å². The summed E-state index contributed by atoms with van der Waals surface area (Å²) in [5.74, 6) is 0.749. The molecule has 0 saturated heterocycles. The Balaban J connectivity index is 1.99. The van der Waals surface area contributed by atoms with Crippen LogP contribution in [0.5, 0.6) is 5.75 Å². The first-order valence-corrected chi connectivity index (χ1v) is 6.47. The maximum atomic E-state index is 10.5.